The van der Waals surface area contributed by atoms with Crippen molar-refractivity contribution >= 4 is 33.2 Å². The Morgan fingerprint density at radius 3 is 2.42 bits per heavy atom. The number of aryl methyl sites for hydroxylation is 1. The van der Waals surface area contributed by atoms with Crippen LogP contribution in [0.3, 0.4) is 0 Å². The highest BCUT2D eigenvalue weighted by atomic mass is 35.5. The minimum atomic E-state index is -3.92. The molecule has 3 rings (SSSR count). The molecule has 3 aromatic rings. The van der Waals surface area contributed by atoms with Crippen molar-refractivity contribution < 1.29 is 17.9 Å². The van der Waals surface area contributed by atoms with Crippen molar-refractivity contribution in [1.29, 1.82) is 0 Å². The van der Waals surface area contributed by atoms with Crippen LogP contribution in [0.2, 0.25) is 5.02 Å². The van der Waals surface area contributed by atoms with Gasteiger partial charge in [0.15, 0.2) is 0 Å². The fourth-order valence-electron chi connectivity index (χ4n) is 2.96. The highest BCUT2D eigenvalue weighted by Gasteiger charge is 2.19. The Balaban J connectivity index is 1.76. The Kier molecular flexibility index (Phi) is 6.92. The number of hydrogen-bond acceptors (Lipinski definition) is 4. The van der Waals surface area contributed by atoms with Crippen molar-refractivity contribution in [2.45, 2.75) is 25.3 Å². The monoisotopic (exact) mass is 461 g/mol. The number of hydrogen-bond donors (Lipinski definition) is 2. The van der Waals surface area contributed by atoms with Crippen molar-refractivity contribution in [2.24, 2.45) is 7.05 Å². The van der Waals surface area contributed by atoms with E-state index in [0.29, 0.717) is 24.6 Å². The van der Waals surface area contributed by atoms with E-state index >= 15 is 0 Å². The van der Waals surface area contributed by atoms with Gasteiger partial charge in [0.25, 0.3) is 15.9 Å². The average Bonchev–Trinajstić information content (AvgIpc) is 3.05. The first-order valence-corrected chi connectivity index (χ1v) is 11.5. The third kappa shape index (κ3) is 5.39. The van der Waals surface area contributed by atoms with E-state index in [0.717, 1.165) is 11.4 Å². The Hall–Kier alpha value is -2.97. The van der Waals surface area contributed by atoms with Crippen LogP contribution >= 0.6 is 11.6 Å². The second-order valence-electron chi connectivity index (χ2n) is 6.91. The molecule has 0 fully saturated rings. The van der Waals surface area contributed by atoms with E-state index in [9.17, 15) is 13.2 Å². The number of benzene rings is 2. The molecule has 7 nitrogen and oxygen atoms in total. The molecule has 31 heavy (non-hydrogen) atoms. The molecule has 1 heterocycles. The van der Waals surface area contributed by atoms with Gasteiger partial charge in [0.1, 0.15) is 5.75 Å². The van der Waals surface area contributed by atoms with Gasteiger partial charge in [-0.1, -0.05) is 11.6 Å². The highest BCUT2D eigenvalue weighted by Crippen LogP contribution is 2.24. The van der Waals surface area contributed by atoms with E-state index in [1.54, 1.807) is 24.3 Å². The lowest BCUT2D eigenvalue weighted by Gasteiger charge is -2.12. The van der Waals surface area contributed by atoms with Crippen LogP contribution in [0.4, 0.5) is 5.69 Å². The zero-order valence-electron chi connectivity index (χ0n) is 17.5. The summed E-state index contributed by atoms with van der Waals surface area (Å²) in [6.45, 7) is 4.64. The molecule has 164 valence electrons. The SMILES string of the molecule is CCOc1ccc(NS(=O)(=O)c2ccc(Cl)c(C(=O)NCc3ccc(C)n3C)c2)cc1. The summed E-state index contributed by atoms with van der Waals surface area (Å²) in [4.78, 5) is 12.6. The maximum atomic E-state index is 12.8. The van der Waals surface area contributed by atoms with Crippen molar-refractivity contribution in [3.8, 4) is 5.75 Å². The molecule has 0 aliphatic rings. The Morgan fingerprint density at radius 2 is 1.81 bits per heavy atom. The molecule has 0 saturated heterocycles. The van der Waals surface area contributed by atoms with Gasteiger partial charge in [-0.15, -0.1) is 0 Å². The lowest BCUT2D eigenvalue weighted by molar-refractivity contribution is 0.0950. The normalized spacial score (nSPS) is 11.2. The number of halogens is 1. The molecular formula is C22H24ClN3O4S. The second kappa shape index (κ2) is 9.45. The van der Waals surface area contributed by atoms with Crippen LogP contribution in [0, 0.1) is 6.92 Å². The average molecular weight is 462 g/mol. The number of ether oxygens (including phenoxy) is 1. The zero-order chi connectivity index (χ0) is 22.6. The van der Waals surface area contributed by atoms with Crippen LogP contribution in [0.25, 0.3) is 0 Å². The molecule has 1 aromatic heterocycles. The molecule has 0 radical (unpaired) electrons. The molecule has 0 spiro atoms. The molecule has 1 amide bonds. The van der Waals surface area contributed by atoms with Crippen molar-refractivity contribution in [3.05, 3.63) is 76.6 Å². The number of nitrogens with one attached hydrogen (secondary N) is 2. The van der Waals surface area contributed by atoms with Crippen LogP contribution in [-0.2, 0) is 23.6 Å². The van der Waals surface area contributed by atoms with Crippen LogP contribution in [-0.4, -0.2) is 25.5 Å². The van der Waals surface area contributed by atoms with Gasteiger partial charge in [0, 0.05) is 24.1 Å². The van der Waals surface area contributed by atoms with Crippen LogP contribution in [0.5, 0.6) is 5.75 Å². The maximum absolute atomic E-state index is 12.8. The molecule has 0 unspecified atom stereocenters. The molecular weight excluding hydrogens is 438 g/mol. The minimum absolute atomic E-state index is 0.0642. The van der Waals surface area contributed by atoms with Crippen LogP contribution in [0.1, 0.15) is 28.7 Å². The fraction of sp³-hybridized carbons (Fsp3) is 0.227. The third-order valence-corrected chi connectivity index (χ3v) is 6.53. The van der Waals surface area contributed by atoms with Crippen molar-refractivity contribution in [2.75, 3.05) is 11.3 Å². The Bertz CT molecular complexity index is 1190. The van der Waals surface area contributed by atoms with Gasteiger partial charge in [-0.25, -0.2) is 8.42 Å². The standard InChI is InChI=1S/C22H24ClN3O4S/c1-4-30-18-9-6-16(7-10-18)25-31(28,29)19-11-12-21(23)20(13-19)22(27)24-14-17-8-5-15(2)26(17)3/h5-13,25H,4,14H2,1-3H3,(H,24,27). The van der Waals surface area contributed by atoms with Gasteiger partial charge in [-0.05, 0) is 68.4 Å². The first kappa shape index (κ1) is 22.7. The first-order chi connectivity index (χ1) is 14.7. The summed E-state index contributed by atoms with van der Waals surface area (Å²) in [5, 5.41) is 2.95. The smallest absolute Gasteiger partial charge is 0.261 e. The van der Waals surface area contributed by atoms with E-state index in [4.69, 9.17) is 16.3 Å². The number of rotatable bonds is 8. The van der Waals surface area contributed by atoms with Crippen LogP contribution in [0.15, 0.2) is 59.5 Å². The molecule has 0 saturated carbocycles. The number of aromatic nitrogens is 1. The van der Waals surface area contributed by atoms with E-state index in [1.807, 2.05) is 37.6 Å². The molecule has 9 heteroatoms. The van der Waals surface area contributed by atoms with E-state index in [2.05, 4.69) is 10.0 Å². The summed E-state index contributed by atoms with van der Waals surface area (Å²) in [5.74, 6) is 0.186. The van der Waals surface area contributed by atoms with E-state index in [1.165, 1.54) is 18.2 Å². The van der Waals surface area contributed by atoms with Gasteiger partial charge < -0.3 is 14.6 Å². The minimum Gasteiger partial charge on any atom is -0.494 e. The molecule has 0 bridgehead atoms. The second-order valence-corrected chi connectivity index (χ2v) is 9.00. The zero-order valence-corrected chi connectivity index (χ0v) is 19.0. The predicted octanol–water partition coefficient (Wildman–Crippen LogP) is 4.12. The number of sulfonamides is 1. The summed E-state index contributed by atoms with van der Waals surface area (Å²) in [6, 6.07) is 14.5. The summed E-state index contributed by atoms with van der Waals surface area (Å²) < 4.78 is 35.4. The van der Waals surface area contributed by atoms with Crippen molar-refractivity contribution in [1.82, 2.24) is 9.88 Å². The first-order valence-electron chi connectivity index (χ1n) is 9.66. The molecule has 0 atom stereocenters. The van der Waals surface area contributed by atoms with Crippen LogP contribution < -0.4 is 14.8 Å². The van der Waals surface area contributed by atoms with Gasteiger partial charge in [-0.3, -0.25) is 9.52 Å². The Morgan fingerprint density at radius 1 is 1.10 bits per heavy atom. The fourth-order valence-corrected chi connectivity index (χ4v) is 4.24. The third-order valence-electron chi connectivity index (χ3n) is 4.82. The topological polar surface area (TPSA) is 89.4 Å². The van der Waals surface area contributed by atoms with E-state index in [-0.39, 0.29) is 15.5 Å². The number of nitrogens with zero attached hydrogens (tertiary/aromatic N) is 1. The summed E-state index contributed by atoms with van der Waals surface area (Å²) in [7, 11) is -2.01. The lowest BCUT2D eigenvalue weighted by Crippen LogP contribution is -2.25. The van der Waals surface area contributed by atoms with Gasteiger partial charge >= 0.3 is 0 Å². The number of anilines is 1. The molecule has 2 aromatic carbocycles. The predicted molar refractivity (Wildman–Crippen MR) is 121 cm³/mol. The van der Waals surface area contributed by atoms with Gasteiger partial charge in [-0.2, -0.15) is 0 Å². The quantitative estimate of drug-likeness (QED) is 0.528. The summed E-state index contributed by atoms with van der Waals surface area (Å²) in [6.07, 6.45) is 0. The maximum Gasteiger partial charge on any atom is 0.261 e. The van der Waals surface area contributed by atoms with E-state index < -0.39 is 15.9 Å². The number of carbonyl (C=O) groups is 1. The molecule has 0 aliphatic heterocycles. The van der Waals surface area contributed by atoms with Gasteiger partial charge in [0.05, 0.1) is 28.6 Å². The molecule has 2 N–H and O–H groups in total. The number of amides is 1. The highest BCUT2D eigenvalue weighted by molar-refractivity contribution is 7.92. The lowest BCUT2D eigenvalue weighted by atomic mass is 10.2. The number of carbonyl (C=O) groups excluding carboxylic acids is 1. The largest absolute Gasteiger partial charge is 0.494 e. The summed E-state index contributed by atoms with van der Waals surface area (Å²) >= 11 is 6.17. The molecule has 0 aliphatic carbocycles. The Labute approximate surface area is 187 Å². The summed E-state index contributed by atoms with van der Waals surface area (Å²) in [5.41, 5.74) is 2.45. The van der Waals surface area contributed by atoms with Gasteiger partial charge in [0.2, 0.25) is 0 Å². The van der Waals surface area contributed by atoms with Crippen molar-refractivity contribution in [3.63, 3.8) is 0 Å².